The van der Waals surface area contributed by atoms with Crippen LogP contribution in [0.3, 0.4) is 0 Å². The Morgan fingerprint density at radius 2 is 1.83 bits per heavy atom. The van der Waals surface area contributed by atoms with Gasteiger partial charge in [-0.05, 0) is 31.9 Å². The minimum Gasteiger partial charge on any atom is -0.372 e. The van der Waals surface area contributed by atoms with Crippen LogP contribution in [-0.4, -0.2) is 30.2 Å². The van der Waals surface area contributed by atoms with Gasteiger partial charge in [0.2, 0.25) is 0 Å². The van der Waals surface area contributed by atoms with Crippen LogP contribution in [0.2, 0.25) is 0 Å². The number of nitrogens with one attached hydrogen (secondary N) is 1. The zero-order valence-electron chi connectivity index (χ0n) is 10.6. The summed E-state index contributed by atoms with van der Waals surface area (Å²) in [5.74, 6) is -0.231. The molecule has 0 unspecified atom stereocenters. The lowest BCUT2D eigenvalue weighted by Crippen LogP contribution is -2.18. The van der Waals surface area contributed by atoms with Crippen molar-refractivity contribution in [3.63, 3.8) is 0 Å². The van der Waals surface area contributed by atoms with Gasteiger partial charge in [-0.3, -0.25) is 4.79 Å². The lowest BCUT2D eigenvalue weighted by Gasteiger charge is -2.06. The Kier molecular flexibility index (Phi) is 4.56. The Labute approximate surface area is 103 Å². The highest BCUT2D eigenvalue weighted by Crippen LogP contribution is 2.18. The van der Waals surface area contributed by atoms with Crippen molar-refractivity contribution in [1.82, 2.24) is 4.98 Å². The van der Waals surface area contributed by atoms with E-state index in [2.05, 4.69) is 9.72 Å². The molecule has 0 radical (unpaired) electrons. The predicted octanol–water partition coefficient (Wildman–Crippen LogP) is 3.09. The van der Waals surface area contributed by atoms with Gasteiger partial charge in [-0.2, -0.15) is 13.2 Å². The minimum atomic E-state index is -4.35. The van der Waals surface area contributed by atoms with E-state index >= 15 is 0 Å². The number of carbonyl (C=O) groups is 1. The van der Waals surface area contributed by atoms with Crippen molar-refractivity contribution in [3.8, 4) is 0 Å². The standard InChI is InChI=1S/C12H16F3NO2/c1-7-8(2)11(16-9(7)3)10(17)4-5-18-6-12(13,14)15/h16H,4-6H2,1-3H3. The molecule has 0 atom stereocenters. The first-order chi connectivity index (χ1) is 8.22. The lowest BCUT2D eigenvalue weighted by atomic mass is 10.1. The number of alkyl halides is 3. The van der Waals surface area contributed by atoms with Crippen molar-refractivity contribution in [2.24, 2.45) is 0 Å². The van der Waals surface area contributed by atoms with E-state index in [1.807, 2.05) is 20.8 Å². The van der Waals surface area contributed by atoms with Gasteiger partial charge in [-0.15, -0.1) is 0 Å². The molecule has 0 aliphatic carbocycles. The largest absolute Gasteiger partial charge is 0.411 e. The third-order valence-electron chi connectivity index (χ3n) is 2.83. The van der Waals surface area contributed by atoms with Crippen LogP contribution in [0.4, 0.5) is 13.2 Å². The van der Waals surface area contributed by atoms with Crippen LogP contribution in [0.5, 0.6) is 0 Å². The lowest BCUT2D eigenvalue weighted by molar-refractivity contribution is -0.173. The van der Waals surface area contributed by atoms with Crippen LogP contribution in [-0.2, 0) is 4.74 Å². The summed E-state index contributed by atoms with van der Waals surface area (Å²) in [5.41, 5.74) is 3.19. The van der Waals surface area contributed by atoms with Crippen molar-refractivity contribution < 1.29 is 22.7 Å². The molecule has 0 amide bonds. The zero-order chi connectivity index (χ0) is 13.9. The quantitative estimate of drug-likeness (QED) is 0.655. The average molecular weight is 263 g/mol. The second-order valence-corrected chi connectivity index (χ2v) is 4.22. The number of halogens is 3. The summed E-state index contributed by atoms with van der Waals surface area (Å²) in [5, 5.41) is 0. The summed E-state index contributed by atoms with van der Waals surface area (Å²) in [6, 6.07) is 0. The van der Waals surface area contributed by atoms with Crippen LogP contribution in [0.15, 0.2) is 0 Å². The van der Waals surface area contributed by atoms with Crippen molar-refractivity contribution in [2.75, 3.05) is 13.2 Å². The molecular weight excluding hydrogens is 247 g/mol. The predicted molar refractivity (Wildman–Crippen MR) is 60.8 cm³/mol. The molecule has 0 saturated heterocycles. The smallest absolute Gasteiger partial charge is 0.372 e. The van der Waals surface area contributed by atoms with Crippen molar-refractivity contribution in [2.45, 2.75) is 33.4 Å². The first-order valence-electron chi connectivity index (χ1n) is 5.56. The Morgan fingerprint density at radius 1 is 1.22 bits per heavy atom. The number of ketones is 1. The SMILES string of the molecule is Cc1[nH]c(C(=O)CCOCC(F)(F)F)c(C)c1C. The van der Waals surface area contributed by atoms with E-state index < -0.39 is 12.8 Å². The normalized spacial score (nSPS) is 11.9. The molecule has 1 aromatic heterocycles. The molecule has 3 nitrogen and oxygen atoms in total. The first kappa shape index (κ1) is 14.8. The van der Waals surface area contributed by atoms with E-state index in [1.165, 1.54) is 0 Å². The topological polar surface area (TPSA) is 42.1 Å². The Morgan fingerprint density at radius 3 is 2.28 bits per heavy atom. The number of carbonyl (C=O) groups excluding carboxylic acids is 1. The summed E-state index contributed by atoms with van der Waals surface area (Å²) in [7, 11) is 0. The van der Waals surface area contributed by atoms with Gasteiger partial charge in [0.25, 0.3) is 0 Å². The van der Waals surface area contributed by atoms with Crippen LogP contribution in [0, 0.1) is 20.8 Å². The second kappa shape index (κ2) is 5.56. The molecule has 18 heavy (non-hydrogen) atoms. The second-order valence-electron chi connectivity index (χ2n) is 4.22. The molecule has 0 bridgehead atoms. The number of aryl methyl sites for hydroxylation is 1. The molecule has 0 saturated carbocycles. The third kappa shape index (κ3) is 3.87. The van der Waals surface area contributed by atoms with Gasteiger partial charge < -0.3 is 9.72 Å². The van der Waals surface area contributed by atoms with E-state index in [1.54, 1.807) is 0 Å². The number of ether oxygens (including phenoxy) is 1. The van der Waals surface area contributed by atoms with Gasteiger partial charge in [0.1, 0.15) is 6.61 Å². The Hall–Kier alpha value is -1.30. The van der Waals surface area contributed by atoms with Crippen LogP contribution >= 0.6 is 0 Å². The monoisotopic (exact) mass is 263 g/mol. The molecule has 1 N–H and O–H groups in total. The van der Waals surface area contributed by atoms with Crippen LogP contribution in [0.1, 0.15) is 33.7 Å². The summed E-state index contributed by atoms with van der Waals surface area (Å²) in [6.45, 7) is 4.00. The molecule has 1 rings (SSSR count). The van der Waals surface area contributed by atoms with Gasteiger partial charge in [0.05, 0.1) is 12.3 Å². The summed E-state index contributed by atoms with van der Waals surface area (Å²) in [4.78, 5) is 14.7. The fourth-order valence-corrected chi connectivity index (χ4v) is 1.60. The van der Waals surface area contributed by atoms with E-state index in [4.69, 9.17) is 0 Å². The highest BCUT2D eigenvalue weighted by molar-refractivity contribution is 5.96. The number of Topliss-reactive ketones (excluding diaryl/α,β-unsaturated/α-hetero) is 1. The molecule has 1 heterocycles. The van der Waals surface area contributed by atoms with Gasteiger partial charge >= 0.3 is 6.18 Å². The maximum Gasteiger partial charge on any atom is 0.411 e. The molecule has 102 valence electrons. The number of hydrogen-bond donors (Lipinski definition) is 1. The summed E-state index contributed by atoms with van der Waals surface area (Å²) >= 11 is 0. The highest BCUT2D eigenvalue weighted by Gasteiger charge is 2.27. The van der Waals surface area contributed by atoms with Crippen LogP contribution in [0.25, 0.3) is 0 Å². The molecule has 6 heteroatoms. The number of aromatic amines is 1. The average Bonchev–Trinajstić information content (AvgIpc) is 2.51. The van der Waals surface area contributed by atoms with Gasteiger partial charge in [0.15, 0.2) is 5.78 Å². The molecule has 0 spiro atoms. The van der Waals surface area contributed by atoms with E-state index in [9.17, 15) is 18.0 Å². The Balaban J connectivity index is 2.49. The maximum atomic E-state index is 11.8. The molecule has 0 aromatic carbocycles. The summed E-state index contributed by atoms with van der Waals surface area (Å²) < 4.78 is 39.8. The van der Waals surface area contributed by atoms with Gasteiger partial charge in [-0.1, -0.05) is 0 Å². The van der Waals surface area contributed by atoms with Gasteiger partial charge in [-0.25, -0.2) is 0 Å². The fourth-order valence-electron chi connectivity index (χ4n) is 1.60. The molecule has 1 aromatic rings. The number of rotatable bonds is 5. The molecular formula is C12H16F3NO2. The number of H-pyrrole nitrogens is 1. The zero-order valence-corrected chi connectivity index (χ0v) is 10.6. The maximum absolute atomic E-state index is 11.8. The van der Waals surface area contributed by atoms with Gasteiger partial charge in [0, 0.05) is 12.1 Å². The minimum absolute atomic E-state index is 0.0592. The van der Waals surface area contributed by atoms with Crippen LogP contribution < -0.4 is 0 Å². The number of aromatic nitrogens is 1. The van der Waals surface area contributed by atoms with E-state index in [0.29, 0.717) is 5.69 Å². The third-order valence-corrected chi connectivity index (χ3v) is 2.83. The fraction of sp³-hybridized carbons (Fsp3) is 0.583. The molecule has 0 aliphatic heterocycles. The van der Waals surface area contributed by atoms with Crippen molar-refractivity contribution >= 4 is 5.78 Å². The first-order valence-corrected chi connectivity index (χ1v) is 5.56. The van der Waals surface area contributed by atoms with E-state index in [-0.39, 0.29) is 18.8 Å². The summed E-state index contributed by atoms with van der Waals surface area (Å²) in [6.07, 6.45) is -4.41. The van der Waals surface area contributed by atoms with Crippen molar-refractivity contribution in [3.05, 3.63) is 22.5 Å². The highest BCUT2D eigenvalue weighted by atomic mass is 19.4. The molecule has 0 aliphatic rings. The number of hydrogen-bond acceptors (Lipinski definition) is 2. The Bertz CT molecular complexity index is 435. The molecule has 0 fully saturated rings. The van der Waals surface area contributed by atoms with E-state index in [0.717, 1.165) is 16.8 Å². The van der Waals surface area contributed by atoms with Crippen molar-refractivity contribution in [1.29, 1.82) is 0 Å².